The number of carbonyl (C=O) groups excluding carboxylic acids is 12. The van der Waals surface area contributed by atoms with Gasteiger partial charge in [0.15, 0.2) is 6.61 Å². The molecule has 11 amide bonds. The van der Waals surface area contributed by atoms with E-state index < -0.39 is 163 Å². The predicted octanol–water partition coefficient (Wildman–Crippen LogP) is -0.568. The van der Waals surface area contributed by atoms with E-state index in [0.29, 0.717) is 65.3 Å². The summed E-state index contributed by atoms with van der Waals surface area (Å²) >= 11 is 0. The number of benzene rings is 4. The van der Waals surface area contributed by atoms with Gasteiger partial charge in [0.05, 0.1) is 31.4 Å². The quantitative estimate of drug-likeness (QED) is 0.0217. The highest BCUT2D eigenvalue weighted by atomic mass is 19.1. The summed E-state index contributed by atoms with van der Waals surface area (Å²) in [6.45, 7) is 2.82. The molecule has 32 nitrogen and oxygen atoms in total. The molecule has 0 spiro atoms. The average Bonchev–Trinajstić information content (AvgIpc) is 1.62. The van der Waals surface area contributed by atoms with Gasteiger partial charge in [-0.1, -0.05) is 24.3 Å². The number of halogens is 2. The third kappa shape index (κ3) is 21.5. The first-order valence-electron chi connectivity index (χ1n) is 33.2. The van der Waals surface area contributed by atoms with E-state index >= 15 is 0 Å². The van der Waals surface area contributed by atoms with Gasteiger partial charge in [0.2, 0.25) is 59.1 Å². The van der Waals surface area contributed by atoms with Crippen molar-refractivity contribution in [3.63, 3.8) is 0 Å². The molecule has 4 aromatic carbocycles. The average molecular weight is 1440 g/mol. The van der Waals surface area contributed by atoms with Crippen molar-refractivity contribution in [3.05, 3.63) is 149 Å². The number of rotatable bonds is 37. The molecule has 9 atom stereocenters. The van der Waals surface area contributed by atoms with E-state index in [9.17, 15) is 81.3 Å². The fourth-order valence-corrected chi connectivity index (χ4v) is 11.9. The van der Waals surface area contributed by atoms with Crippen molar-refractivity contribution in [2.45, 2.75) is 132 Å². The third-order valence-corrected chi connectivity index (χ3v) is 17.5. The van der Waals surface area contributed by atoms with Crippen molar-refractivity contribution in [1.29, 1.82) is 0 Å². The van der Waals surface area contributed by atoms with Gasteiger partial charge in [-0.2, -0.15) is 0 Å². The number of nitrogens with two attached hydrogens (primary N) is 1. The van der Waals surface area contributed by atoms with Crippen molar-refractivity contribution in [3.8, 4) is 11.5 Å². The number of nitrogens with zero attached hydrogens (tertiary/aromatic N) is 2. The minimum Gasteiger partial charge on any atom is -0.508 e. The minimum atomic E-state index is -1.84. The van der Waals surface area contributed by atoms with Crippen LogP contribution >= 0.6 is 0 Å². The standard InChI is InChI=1S/C70H82F2N16O16/c1-37(81-64(98)53(82-38(2)90)18-20-76-60(93)35-104-48-14-8-40(9-15-48)22-54(62(73)96)87-69(103)70(3)19-5-21-88(70)68(102)58(74-4)23-39-6-12-47(91)13-7-39)63(97)79-33-59(92)84-55(24-41-30-77-51-16-10-43(71)26-49(41)51)66(100)85-56(25-42-31-78-52-17-11-44(72)27-50(42)52)67(101)86-57(29-61(94)95)65(99)83-46(34-89)28-45-32-75-36-80-45/h6-17,26-27,30-32,34,36-37,46,53-58,74,77-78,91H,5,18-25,28-29,33,35H2,1-4H3,(H2,73,96)(H,75,80)(H,76,93)(H,79,97)(H,81,98)(H,82,90)(H,83,99)(H,84,92)(H,85,100)(H,86,101)(H,87,103)(H,94,95)/t37-,46-,53-,54-,55-,56-,57-,58-,70-/m0/s1. The van der Waals surface area contributed by atoms with Crippen LogP contribution in [0.4, 0.5) is 8.78 Å². The molecular weight excluding hydrogens is 1360 g/mol. The second-order valence-corrected chi connectivity index (χ2v) is 25.3. The Morgan fingerprint density at radius 2 is 1.24 bits per heavy atom. The first kappa shape index (κ1) is 77.6. The molecule has 7 aromatic rings. The maximum Gasteiger partial charge on any atom is 0.305 e. The molecule has 17 N–H and O–H groups in total. The highest BCUT2D eigenvalue weighted by Gasteiger charge is 2.48. The largest absolute Gasteiger partial charge is 0.508 e. The molecule has 3 aromatic heterocycles. The minimum absolute atomic E-state index is 0.0253. The van der Waals surface area contributed by atoms with E-state index in [-0.39, 0.29) is 54.2 Å². The molecular formula is C70H82F2N16O16. The third-order valence-electron chi connectivity index (χ3n) is 17.5. The number of carboxylic acids is 1. The van der Waals surface area contributed by atoms with Crippen LogP contribution in [0, 0.1) is 11.6 Å². The number of phenolic OH excluding ortho intramolecular Hbond substituents is 1. The normalized spacial score (nSPS) is 15.7. The van der Waals surface area contributed by atoms with Crippen molar-refractivity contribution < 1.29 is 86.1 Å². The van der Waals surface area contributed by atoms with Gasteiger partial charge >= 0.3 is 5.97 Å². The van der Waals surface area contributed by atoms with Gasteiger partial charge in [0.1, 0.15) is 71.2 Å². The zero-order chi connectivity index (χ0) is 75.4. The summed E-state index contributed by atoms with van der Waals surface area (Å²) in [6.07, 6.45) is 5.04. The number of aromatic amines is 3. The smallest absolute Gasteiger partial charge is 0.305 e. The van der Waals surface area contributed by atoms with E-state index in [4.69, 9.17) is 10.5 Å². The molecule has 0 radical (unpaired) electrons. The first-order valence-corrected chi connectivity index (χ1v) is 33.2. The second-order valence-electron chi connectivity index (χ2n) is 25.3. The molecule has 0 bridgehead atoms. The second kappa shape index (κ2) is 36.0. The van der Waals surface area contributed by atoms with Crippen molar-refractivity contribution in [1.82, 2.24) is 78.0 Å². The van der Waals surface area contributed by atoms with Gasteiger partial charge < -0.3 is 98.5 Å². The number of ether oxygens (including phenoxy) is 1. The van der Waals surface area contributed by atoms with E-state index in [0.717, 1.165) is 18.6 Å². The molecule has 1 aliphatic heterocycles. The number of primary amides is 1. The van der Waals surface area contributed by atoms with E-state index in [1.807, 2.05) is 0 Å². The van der Waals surface area contributed by atoms with Crippen LogP contribution in [0.1, 0.15) is 74.4 Å². The van der Waals surface area contributed by atoms with Crippen molar-refractivity contribution >= 4 is 99.0 Å². The van der Waals surface area contributed by atoms with Crippen LogP contribution in [-0.4, -0.2) is 199 Å². The topological polar surface area (TPSA) is 481 Å². The number of hydrogen-bond donors (Lipinski definition) is 16. The van der Waals surface area contributed by atoms with Crippen LogP contribution in [0.5, 0.6) is 11.5 Å². The number of H-pyrrole nitrogens is 3. The number of aromatic nitrogens is 4. The number of aliphatic carboxylic acids is 1. The lowest BCUT2D eigenvalue weighted by Crippen LogP contribution is -2.61. The number of carbonyl (C=O) groups is 13. The van der Waals surface area contributed by atoms with Crippen LogP contribution in [0.3, 0.4) is 0 Å². The summed E-state index contributed by atoms with van der Waals surface area (Å²) < 4.78 is 35.0. The molecule has 0 unspecified atom stereocenters. The van der Waals surface area contributed by atoms with E-state index in [2.05, 4.69) is 73.1 Å². The number of likely N-dealkylation sites (tertiary alicyclic amines) is 1. The fraction of sp³-hybridized carbons (Fsp3) is 0.371. The molecule has 1 aliphatic rings. The lowest BCUT2D eigenvalue weighted by molar-refractivity contribution is -0.146. The van der Waals surface area contributed by atoms with Crippen LogP contribution in [0.25, 0.3) is 21.8 Å². The number of hydrogen-bond acceptors (Lipinski definition) is 17. The number of aldehydes is 1. The maximum atomic E-state index is 14.7. The first-order chi connectivity index (χ1) is 49.6. The summed E-state index contributed by atoms with van der Waals surface area (Å²) in [5, 5.41) is 45.5. The number of fused-ring (bicyclic) bond motifs is 2. The van der Waals surface area contributed by atoms with Crippen molar-refractivity contribution in [2.24, 2.45) is 5.73 Å². The molecule has 34 heteroatoms. The van der Waals surface area contributed by atoms with Gasteiger partial charge in [0.25, 0.3) is 5.91 Å². The monoisotopic (exact) mass is 1440 g/mol. The zero-order valence-electron chi connectivity index (χ0n) is 57.1. The zero-order valence-corrected chi connectivity index (χ0v) is 57.1. The Morgan fingerprint density at radius 3 is 1.81 bits per heavy atom. The van der Waals surface area contributed by atoms with Crippen LogP contribution in [-0.2, 0) is 94.4 Å². The molecule has 0 aliphatic carbocycles. The van der Waals surface area contributed by atoms with E-state index in [1.165, 1.54) is 91.3 Å². The summed E-state index contributed by atoms with van der Waals surface area (Å²) in [7, 11) is 1.64. The number of carboxylic acid groups (broad SMARTS) is 1. The van der Waals surface area contributed by atoms with Gasteiger partial charge in [-0.25, -0.2) is 13.8 Å². The highest BCUT2D eigenvalue weighted by Crippen LogP contribution is 2.31. The summed E-state index contributed by atoms with van der Waals surface area (Å²) in [6, 6.07) is 9.26. The fourth-order valence-electron chi connectivity index (χ4n) is 11.9. The molecule has 4 heterocycles. The molecule has 1 fully saturated rings. The predicted molar refractivity (Wildman–Crippen MR) is 369 cm³/mol. The SMILES string of the molecule is CN[C@@H](Cc1ccc(O)cc1)C(=O)N1CCC[C@@]1(C)C(=O)N[C@@H](Cc1ccc(OCC(=O)NCC[C@H](NC(C)=O)C(=O)N[C@@H](C)C(=O)NCC(=O)N[C@@H](Cc2c[nH]c3ccc(F)cc23)C(=O)N[C@@H](Cc2c[nH]c3ccc(F)cc23)C(=O)N[C@@H](CC(=O)O)C(=O)N[C@H](C=O)Cc2cnc[nH]2)cc1)C(N)=O. The number of aromatic hydroxyl groups is 1. The lowest BCUT2D eigenvalue weighted by Gasteiger charge is -2.37. The number of phenols is 1. The molecule has 8 rings (SSSR count). The van der Waals surface area contributed by atoms with E-state index in [1.54, 1.807) is 38.2 Å². The Balaban J connectivity index is 0.845. The Bertz CT molecular complexity index is 4280. The Morgan fingerprint density at radius 1 is 0.663 bits per heavy atom. The molecule has 104 heavy (non-hydrogen) atoms. The lowest BCUT2D eigenvalue weighted by atomic mass is 9.94. The van der Waals surface area contributed by atoms with Gasteiger partial charge in [0, 0.05) is 91.8 Å². The van der Waals surface area contributed by atoms with Gasteiger partial charge in [-0.15, -0.1) is 0 Å². The molecule has 552 valence electrons. The van der Waals surface area contributed by atoms with Crippen molar-refractivity contribution in [2.75, 3.05) is 33.3 Å². The maximum absolute atomic E-state index is 14.7. The number of likely N-dealkylation sites (N-methyl/N-ethyl adjacent to an activating group) is 1. The Kier molecular flexibility index (Phi) is 26.9. The Labute approximate surface area is 593 Å². The van der Waals surface area contributed by atoms with Gasteiger partial charge in [-0.3, -0.25) is 57.5 Å². The number of nitrogens with one attached hydrogen (secondary N) is 13. The summed E-state index contributed by atoms with van der Waals surface area (Å²) in [5.41, 5.74) is 7.68. The molecule has 1 saturated heterocycles. The number of imidazole rings is 1. The summed E-state index contributed by atoms with van der Waals surface area (Å²) in [4.78, 5) is 188. The number of amides is 11. The van der Waals surface area contributed by atoms with Gasteiger partial charge in [-0.05, 0) is 129 Å². The van der Waals surface area contributed by atoms with Crippen LogP contribution < -0.4 is 63.6 Å². The molecule has 0 saturated carbocycles. The summed E-state index contributed by atoms with van der Waals surface area (Å²) in [5.74, 6) is -11.6. The van der Waals surface area contributed by atoms with Crippen LogP contribution in [0.2, 0.25) is 0 Å². The van der Waals surface area contributed by atoms with Crippen LogP contribution in [0.15, 0.2) is 110 Å². The Hall–Kier alpha value is -12.1. The highest BCUT2D eigenvalue weighted by molar-refractivity contribution is 5.99.